The van der Waals surface area contributed by atoms with E-state index in [1.54, 1.807) is 0 Å². The van der Waals surface area contributed by atoms with Gasteiger partial charge in [0, 0.05) is 19.3 Å². The van der Waals surface area contributed by atoms with E-state index in [1.165, 1.54) is 28.8 Å². The number of anilines is 1. The molecule has 0 fully saturated rings. The number of nitrogens with one attached hydrogen (secondary N) is 3. The monoisotopic (exact) mass is 513 g/mol. The number of fused-ring (bicyclic) bond motifs is 3. The molecular formula is C32H31N7. The van der Waals surface area contributed by atoms with Gasteiger partial charge >= 0.3 is 0 Å². The Morgan fingerprint density at radius 2 is 1.51 bits per heavy atom. The number of aromatic amines is 2. The highest BCUT2D eigenvalue weighted by Crippen LogP contribution is 2.34. The quantitative estimate of drug-likeness (QED) is 0.216. The van der Waals surface area contributed by atoms with Crippen LogP contribution in [0.25, 0.3) is 22.1 Å². The zero-order valence-corrected chi connectivity index (χ0v) is 21.8. The van der Waals surface area contributed by atoms with E-state index in [0.717, 1.165) is 59.8 Å². The van der Waals surface area contributed by atoms with Crippen molar-refractivity contribution in [2.45, 2.75) is 44.9 Å². The van der Waals surface area contributed by atoms with Crippen molar-refractivity contribution in [1.29, 1.82) is 0 Å². The van der Waals surface area contributed by atoms with E-state index in [9.17, 15) is 0 Å². The fraction of sp³-hybridized carbons (Fsp3) is 0.219. The molecule has 7 heteroatoms. The molecule has 1 aliphatic carbocycles. The number of hydrogen-bond acceptors (Lipinski definition) is 5. The van der Waals surface area contributed by atoms with E-state index in [4.69, 9.17) is 9.97 Å². The molecule has 3 N–H and O–H groups in total. The van der Waals surface area contributed by atoms with Gasteiger partial charge in [-0.25, -0.2) is 9.97 Å². The number of aryl methyl sites for hydroxylation is 1. The van der Waals surface area contributed by atoms with Gasteiger partial charge in [-0.05, 0) is 66.3 Å². The third-order valence-corrected chi connectivity index (χ3v) is 7.66. The molecule has 1 aliphatic rings. The summed E-state index contributed by atoms with van der Waals surface area (Å²) in [5.74, 6) is 1.78. The Kier molecular flexibility index (Phi) is 6.26. The first-order chi connectivity index (χ1) is 19.3. The lowest BCUT2D eigenvalue weighted by molar-refractivity contribution is 0.153. The Hall–Kier alpha value is -4.49. The highest BCUT2D eigenvalue weighted by molar-refractivity contribution is 5.77. The Labute approximate surface area is 227 Å². The molecule has 6 aromatic rings. The zero-order chi connectivity index (χ0) is 26.0. The normalized spacial score (nSPS) is 15.2. The summed E-state index contributed by atoms with van der Waals surface area (Å²) in [6, 6.07) is 29.8. The number of imidazole rings is 2. The second-order valence-corrected chi connectivity index (χ2v) is 10.3. The Bertz CT molecular complexity index is 1650. The number of H-pyrrole nitrogens is 2. The van der Waals surface area contributed by atoms with Crippen LogP contribution < -0.4 is 5.32 Å². The van der Waals surface area contributed by atoms with Crippen LogP contribution in [-0.4, -0.2) is 29.8 Å². The number of hydrogen-bond donors (Lipinski definition) is 3. The van der Waals surface area contributed by atoms with Crippen molar-refractivity contribution in [3.8, 4) is 0 Å². The summed E-state index contributed by atoms with van der Waals surface area (Å²) >= 11 is 0. The maximum absolute atomic E-state index is 4.89. The van der Waals surface area contributed by atoms with Crippen LogP contribution in [0.3, 0.4) is 0 Å². The van der Waals surface area contributed by atoms with E-state index >= 15 is 0 Å². The summed E-state index contributed by atoms with van der Waals surface area (Å²) in [6.07, 6.45) is 5.31. The fourth-order valence-corrected chi connectivity index (χ4v) is 5.71. The van der Waals surface area contributed by atoms with Crippen LogP contribution in [0.1, 0.15) is 47.1 Å². The second-order valence-electron chi connectivity index (χ2n) is 10.3. The molecule has 3 aromatic carbocycles. The van der Waals surface area contributed by atoms with Crippen LogP contribution in [0, 0.1) is 0 Å². The van der Waals surface area contributed by atoms with Crippen molar-refractivity contribution >= 4 is 28.0 Å². The molecule has 0 saturated carbocycles. The van der Waals surface area contributed by atoms with Crippen molar-refractivity contribution in [3.63, 3.8) is 0 Å². The lowest BCUT2D eigenvalue weighted by atomic mass is 9.90. The van der Waals surface area contributed by atoms with E-state index in [-0.39, 0.29) is 6.04 Å². The largest absolute Gasteiger partial charge is 0.352 e. The van der Waals surface area contributed by atoms with Crippen molar-refractivity contribution in [2.24, 2.45) is 0 Å². The van der Waals surface area contributed by atoms with Crippen molar-refractivity contribution < 1.29 is 0 Å². The molecule has 39 heavy (non-hydrogen) atoms. The van der Waals surface area contributed by atoms with Crippen LogP contribution in [0.2, 0.25) is 0 Å². The average molecular weight is 514 g/mol. The molecule has 0 bridgehead atoms. The Balaban J connectivity index is 1.10. The number of para-hydroxylation sites is 4. The molecule has 194 valence electrons. The summed E-state index contributed by atoms with van der Waals surface area (Å²) in [7, 11) is 0. The van der Waals surface area contributed by atoms with E-state index in [0.29, 0.717) is 6.54 Å². The Morgan fingerprint density at radius 1 is 0.769 bits per heavy atom. The van der Waals surface area contributed by atoms with Crippen LogP contribution in [-0.2, 0) is 26.1 Å². The number of pyridine rings is 1. The first-order valence-corrected chi connectivity index (χ1v) is 13.7. The van der Waals surface area contributed by atoms with Crippen molar-refractivity contribution in [3.05, 3.63) is 119 Å². The van der Waals surface area contributed by atoms with E-state index in [1.807, 2.05) is 42.6 Å². The van der Waals surface area contributed by atoms with Crippen LogP contribution in [0.15, 0.2) is 91.1 Å². The summed E-state index contributed by atoms with van der Waals surface area (Å²) in [6.45, 7) is 2.28. The number of rotatable bonds is 8. The second kappa shape index (κ2) is 10.3. The van der Waals surface area contributed by atoms with Gasteiger partial charge in [-0.3, -0.25) is 9.88 Å². The van der Waals surface area contributed by atoms with Crippen molar-refractivity contribution in [2.75, 3.05) is 5.32 Å². The van der Waals surface area contributed by atoms with Gasteiger partial charge in [0.1, 0.15) is 5.82 Å². The molecule has 3 aromatic heterocycles. The van der Waals surface area contributed by atoms with Gasteiger partial charge in [0.2, 0.25) is 5.95 Å². The third kappa shape index (κ3) is 5.01. The maximum atomic E-state index is 4.89. The number of benzene rings is 3. The lowest BCUT2D eigenvalue weighted by Crippen LogP contribution is -2.31. The molecule has 0 radical (unpaired) electrons. The molecule has 7 nitrogen and oxygen atoms in total. The molecule has 1 atom stereocenters. The van der Waals surface area contributed by atoms with Gasteiger partial charge in [-0.15, -0.1) is 0 Å². The number of nitrogens with zero attached hydrogens (tertiary/aromatic N) is 4. The predicted octanol–water partition coefficient (Wildman–Crippen LogP) is 6.53. The molecule has 3 heterocycles. The molecule has 1 unspecified atom stereocenters. The number of aromatic nitrogens is 5. The topological polar surface area (TPSA) is 85.5 Å². The van der Waals surface area contributed by atoms with Gasteiger partial charge < -0.3 is 15.3 Å². The third-order valence-electron chi connectivity index (χ3n) is 7.66. The highest BCUT2D eigenvalue weighted by atomic mass is 15.2. The molecule has 0 amide bonds. The minimum absolute atomic E-state index is 0.262. The molecule has 7 rings (SSSR count). The fourth-order valence-electron chi connectivity index (χ4n) is 5.71. The highest BCUT2D eigenvalue weighted by Gasteiger charge is 2.28. The van der Waals surface area contributed by atoms with Crippen LogP contribution in [0.5, 0.6) is 0 Å². The van der Waals surface area contributed by atoms with Crippen molar-refractivity contribution in [1.82, 2.24) is 29.8 Å². The summed E-state index contributed by atoms with van der Waals surface area (Å²) in [5, 5.41) is 3.42. The molecule has 0 aliphatic heterocycles. The minimum atomic E-state index is 0.262. The van der Waals surface area contributed by atoms with Crippen LogP contribution >= 0.6 is 0 Å². The minimum Gasteiger partial charge on any atom is -0.352 e. The SMILES string of the molecule is c1cnc2c(c1)CCCC2N(Cc1ccc(CNc2nc3ccccc3[nH]2)cc1)Cc1nc2ccccc2[nH]1. The first kappa shape index (κ1) is 23.6. The van der Waals surface area contributed by atoms with Gasteiger partial charge in [0.05, 0.1) is 40.3 Å². The van der Waals surface area contributed by atoms with Crippen LogP contribution in [0.4, 0.5) is 5.95 Å². The van der Waals surface area contributed by atoms with E-state index < -0.39 is 0 Å². The smallest absolute Gasteiger partial charge is 0.201 e. The lowest BCUT2D eigenvalue weighted by Gasteiger charge is -2.34. The molecule has 0 saturated heterocycles. The summed E-state index contributed by atoms with van der Waals surface area (Å²) < 4.78 is 0. The van der Waals surface area contributed by atoms with Gasteiger partial charge in [0.15, 0.2) is 0 Å². The summed E-state index contributed by atoms with van der Waals surface area (Å²) in [5.41, 5.74) is 9.18. The molecule has 0 spiro atoms. The first-order valence-electron chi connectivity index (χ1n) is 13.7. The maximum Gasteiger partial charge on any atom is 0.201 e. The standard InChI is InChI=1S/C32H31N7/c1-2-10-26-25(9-1)35-30(36-26)21-39(29-13-5-7-24-8-6-18-33-31(24)29)20-23-16-14-22(15-17-23)19-34-32-37-27-11-3-4-12-28(27)38-32/h1-4,6,8-12,14-18,29H,5,7,13,19-21H2,(H,35,36)(H2,34,37,38). The van der Waals surface area contributed by atoms with Gasteiger partial charge in [-0.2, -0.15) is 0 Å². The predicted molar refractivity (Wildman–Crippen MR) is 155 cm³/mol. The van der Waals surface area contributed by atoms with Gasteiger partial charge in [-0.1, -0.05) is 54.6 Å². The Morgan fingerprint density at radius 3 is 2.31 bits per heavy atom. The average Bonchev–Trinajstić information content (AvgIpc) is 3.59. The van der Waals surface area contributed by atoms with Gasteiger partial charge in [0.25, 0.3) is 0 Å². The zero-order valence-electron chi connectivity index (χ0n) is 21.8. The van der Waals surface area contributed by atoms with E-state index in [2.05, 4.69) is 73.7 Å². The summed E-state index contributed by atoms with van der Waals surface area (Å²) in [4.78, 5) is 23.8. The molecular weight excluding hydrogens is 482 g/mol.